The van der Waals surface area contributed by atoms with Gasteiger partial charge in [-0.05, 0) is 29.9 Å². The fraction of sp³-hybridized carbons (Fsp3) is 0.611. The molecule has 1 saturated heterocycles. The summed E-state index contributed by atoms with van der Waals surface area (Å²) in [5.41, 5.74) is 2.73. The molecule has 3 rings (SSSR count). The van der Waals surface area contributed by atoms with Gasteiger partial charge in [-0.1, -0.05) is 38.1 Å². The number of hydrogen-bond donors (Lipinski definition) is 1. The maximum Gasteiger partial charge on any atom is 0.239 e. The van der Waals surface area contributed by atoms with E-state index in [1.165, 1.54) is 11.1 Å². The van der Waals surface area contributed by atoms with Gasteiger partial charge >= 0.3 is 0 Å². The van der Waals surface area contributed by atoms with Crippen molar-refractivity contribution in [1.29, 1.82) is 0 Å². The number of carbonyl (C=O) groups is 1. The number of carbonyl (C=O) groups excluding carboxylic acids is 1. The summed E-state index contributed by atoms with van der Waals surface area (Å²) in [7, 11) is 0. The number of benzene rings is 1. The Kier molecular flexibility index (Phi) is 4.79. The van der Waals surface area contributed by atoms with Crippen molar-refractivity contribution in [2.75, 3.05) is 26.3 Å². The van der Waals surface area contributed by atoms with Gasteiger partial charge in [0.05, 0.1) is 13.2 Å². The Balaban J connectivity index is 1.59. The van der Waals surface area contributed by atoms with Crippen LogP contribution in [0, 0.1) is 5.92 Å². The van der Waals surface area contributed by atoms with Crippen LogP contribution >= 0.6 is 0 Å². The summed E-state index contributed by atoms with van der Waals surface area (Å²) in [6.45, 7) is 7.42. The molecule has 120 valence electrons. The molecule has 2 aliphatic rings. The van der Waals surface area contributed by atoms with Gasteiger partial charge in [-0.25, -0.2) is 0 Å². The Bertz CT molecular complexity index is 505. The maximum absolute atomic E-state index is 12.7. The summed E-state index contributed by atoms with van der Waals surface area (Å²) in [6, 6.07) is 8.56. The van der Waals surface area contributed by atoms with Crippen molar-refractivity contribution in [3.05, 3.63) is 35.4 Å². The number of rotatable bonds is 4. The Morgan fingerprint density at radius 2 is 2.00 bits per heavy atom. The van der Waals surface area contributed by atoms with Gasteiger partial charge in [-0.2, -0.15) is 0 Å². The van der Waals surface area contributed by atoms with Gasteiger partial charge in [0.15, 0.2) is 0 Å². The molecule has 1 atom stereocenters. The van der Waals surface area contributed by atoms with E-state index in [1.807, 2.05) is 0 Å². The third kappa shape index (κ3) is 3.50. The van der Waals surface area contributed by atoms with E-state index < -0.39 is 0 Å². The van der Waals surface area contributed by atoms with Crippen LogP contribution in [0.5, 0.6) is 0 Å². The molecule has 1 aliphatic carbocycles. The highest BCUT2D eigenvalue weighted by Crippen LogP contribution is 2.22. The van der Waals surface area contributed by atoms with Gasteiger partial charge in [0.2, 0.25) is 5.91 Å². The zero-order valence-corrected chi connectivity index (χ0v) is 13.5. The molecular weight excluding hydrogens is 276 g/mol. The molecular formula is C18H26N2O2. The lowest BCUT2D eigenvalue weighted by Crippen LogP contribution is -2.56. The van der Waals surface area contributed by atoms with Crippen molar-refractivity contribution in [3.8, 4) is 0 Å². The highest BCUT2D eigenvalue weighted by atomic mass is 16.5. The van der Waals surface area contributed by atoms with Crippen LogP contribution in [0.4, 0.5) is 0 Å². The SMILES string of the molecule is CC(C)CN1CCOC[C@@H]1C(=O)NC1Cc2ccccc2C1. The van der Waals surface area contributed by atoms with Crippen LogP contribution < -0.4 is 5.32 Å². The monoisotopic (exact) mass is 302 g/mol. The highest BCUT2D eigenvalue weighted by Gasteiger charge is 2.32. The summed E-state index contributed by atoms with van der Waals surface area (Å²) in [5, 5.41) is 3.24. The molecule has 1 heterocycles. The van der Waals surface area contributed by atoms with Crippen LogP contribution in [0.2, 0.25) is 0 Å². The van der Waals surface area contributed by atoms with E-state index in [4.69, 9.17) is 4.74 Å². The third-order valence-electron chi connectivity index (χ3n) is 4.54. The van der Waals surface area contributed by atoms with E-state index in [-0.39, 0.29) is 18.0 Å². The molecule has 4 heteroatoms. The molecule has 1 amide bonds. The first-order valence-corrected chi connectivity index (χ1v) is 8.32. The van der Waals surface area contributed by atoms with E-state index in [1.54, 1.807) is 0 Å². The Labute approximate surface area is 132 Å². The van der Waals surface area contributed by atoms with Crippen molar-refractivity contribution >= 4 is 5.91 Å². The number of nitrogens with one attached hydrogen (secondary N) is 1. The number of fused-ring (bicyclic) bond motifs is 1. The fourth-order valence-corrected chi connectivity index (χ4v) is 3.53. The predicted molar refractivity (Wildman–Crippen MR) is 86.8 cm³/mol. The van der Waals surface area contributed by atoms with Crippen molar-refractivity contribution in [2.45, 2.75) is 38.8 Å². The maximum atomic E-state index is 12.7. The second-order valence-electron chi connectivity index (χ2n) is 6.86. The van der Waals surface area contributed by atoms with Crippen LogP contribution in [0.25, 0.3) is 0 Å². The van der Waals surface area contributed by atoms with Crippen molar-refractivity contribution in [2.24, 2.45) is 5.92 Å². The first kappa shape index (κ1) is 15.5. The van der Waals surface area contributed by atoms with E-state index in [0.29, 0.717) is 12.5 Å². The highest BCUT2D eigenvalue weighted by molar-refractivity contribution is 5.82. The molecule has 4 nitrogen and oxygen atoms in total. The lowest BCUT2D eigenvalue weighted by molar-refractivity contribution is -0.133. The largest absolute Gasteiger partial charge is 0.378 e. The standard InChI is InChI=1S/C18H26N2O2/c1-13(2)11-20-7-8-22-12-17(20)18(21)19-16-9-14-5-3-4-6-15(14)10-16/h3-6,13,16-17H,7-12H2,1-2H3,(H,19,21)/t17-/m1/s1. The van der Waals surface area contributed by atoms with E-state index in [2.05, 4.69) is 48.3 Å². The van der Waals surface area contributed by atoms with Gasteiger partial charge in [0, 0.05) is 19.1 Å². The average molecular weight is 302 g/mol. The molecule has 0 bridgehead atoms. The minimum Gasteiger partial charge on any atom is -0.378 e. The van der Waals surface area contributed by atoms with Crippen LogP contribution in [-0.2, 0) is 22.4 Å². The lowest BCUT2D eigenvalue weighted by Gasteiger charge is -2.36. The molecule has 0 spiro atoms. The second kappa shape index (κ2) is 6.80. The van der Waals surface area contributed by atoms with Gasteiger partial charge in [-0.15, -0.1) is 0 Å². The molecule has 1 aromatic rings. The smallest absolute Gasteiger partial charge is 0.239 e. The van der Waals surface area contributed by atoms with Crippen molar-refractivity contribution in [1.82, 2.24) is 10.2 Å². The number of ether oxygens (including phenoxy) is 1. The molecule has 1 aliphatic heterocycles. The molecule has 0 aromatic heterocycles. The van der Waals surface area contributed by atoms with Crippen LogP contribution in [-0.4, -0.2) is 49.2 Å². The number of amides is 1. The quantitative estimate of drug-likeness (QED) is 0.919. The van der Waals surface area contributed by atoms with E-state index in [0.717, 1.165) is 32.5 Å². The fourth-order valence-electron chi connectivity index (χ4n) is 3.53. The van der Waals surface area contributed by atoms with Crippen LogP contribution in [0.1, 0.15) is 25.0 Å². The zero-order valence-electron chi connectivity index (χ0n) is 13.5. The lowest BCUT2D eigenvalue weighted by atomic mass is 10.1. The Hall–Kier alpha value is -1.39. The molecule has 0 radical (unpaired) electrons. The Morgan fingerprint density at radius 3 is 2.64 bits per heavy atom. The molecule has 0 saturated carbocycles. The van der Waals surface area contributed by atoms with Gasteiger partial charge in [0.1, 0.15) is 6.04 Å². The topological polar surface area (TPSA) is 41.6 Å². The third-order valence-corrected chi connectivity index (χ3v) is 4.54. The van der Waals surface area contributed by atoms with Crippen molar-refractivity contribution < 1.29 is 9.53 Å². The summed E-state index contributed by atoms with van der Waals surface area (Å²) < 4.78 is 5.54. The molecule has 1 N–H and O–H groups in total. The molecule has 0 unspecified atom stereocenters. The molecule has 1 aromatic carbocycles. The predicted octanol–water partition coefficient (Wildman–Crippen LogP) is 1.63. The Morgan fingerprint density at radius 1 is 1.32 bits per heavy atom. The van der Waals surface area contributed by atoms with Gasteiger partial charge < -0.3 is 10.1 Å². The zero-order chi connectivity index (χ0) is 15.5. The first-order chi connectivity index (χ1) is 10.6. The van der Waals surface area contributed by atoms with Gasteiger partial charge in [-0.3, -0.25) is 9.69 Å². The van der Waals surface area contributed by atoms with Crippen LogP contribution in [0.3, 0.4) is 0 Å². The first-order valence-electron chi connectivity index (χ1n) is 8.32. The number of hydrogen-bond acceptors (Lipinski definition) is 3. The molecule has 1 fully saturated rings. The summed E-state index contributed by atoms with van der Waals surface area (Å²) in [4.78, 5) is 14.9. The van der Waals surface area contributed by atoms with Crippen LogP contribution in [0.15, 0.2) is 24.3 Å². The van der Waals surface area contributed by atoms with E-state index >= 15 is 0 Å². The summed E-state index contributed by atoms with van der Waals surface area (Å²) >= 11 is 0. The van der Waals surface area contributed by atoms with Crippen molar-refractivity contribution in [3.63, 3.8) is 0 Å². The summed E-state index contributed by atoms with van der Waals surface area (Å²) in [5.74, 6) is 0.683. The van der Waals surface area contributed by atoms with Gasteiger partial charge in [0.25, 0.3) is 0 Å². The molecule has 22 heavy (non-hydrogen) atoms. The minimum absolute atomic E-state index is 0.123. The second-order valence-corrected chi connectivity index (χ2v) is 6.86. The van der Waals surface area contributed by atoms with E-state index in [9.17, 15) is 4.79 Å². The number of nitrogens with zero attached hydrogens (tertiary/aromatic N) is 1. The average Bonchev–Trinajstić information content (AvgIpc) is 2.89. The summed E-state index contributed by atoms with van der Waals surface area (Å²) in [6.07, 6.45) is 1.89. The normalized spacial score (nSPS) is 22.8. The number of morpholine rings is 1. The minimum atomic E-state index is -0.139.